The molecule has 2 aromatic carbocycles. The molecule has 0 radical (unpaired) electrons. The van der Waals surface area contributed by atoms with Crippen molar-refractivity contribution in [3.05, 3.63) is 70.9 Å². The third kappa shape index (κ3) is 4.49. The van der Waals surface area contributed by atoms with Gasteiger partial charge in [0, 0.05) is 47.6 Å². The molecule has 1 aromatic heterocycles. The van der Waals surface area contributed by atoms with Gasteiger partial charge in [0.15, 0.2) is 0 Å². The first-order valence-corrected chi connectivity index (χ1v) is 10.8. The molecule has 0 unspecified atom stereocenters. The number of nitrogens with one attached hydrogen (secondary N) is 1. The lowest BCUT2D eigenvalue weighted by Gasteiger charge is -2.33. The quantitative estimate of drug-likeness (QED) is 0.647. The van der Waals surface area contributed by atoms with Crippen molar-refractivity contribution in [3.8, 4) is 0 Å². The van der Waals surface area contributed by atoms with Crippen LogP contribution in [0.15, 0.2) is 54.6 Å². The van der Waals surface area contributed by atoms with Crippen LogP contribution < -0.4 is 5.32 Å². The van der Waals surface area contributed by atoms with Crippen LogP contribution in [0.2, 0.25) is 5.02 Å². The van der Waals surface area contributed by atoms with E-state index >= 15 is 0 Å². The standard InChI is InChI=1S/C24H28ClN3O/c1-17(2)26-21-11-13-27(14-12-21)24(29)23-15-19-5-3-4-6-22(19)28(23)16-18-7-9-20(25)10-8-18/h3-10,15,17,21,26H,11-14,16H2,1-2H3. The molecule has 0 spiro atoms. The highest BCUT2D eigenvalue weighted by atomic mass is 35.5. The molecule has 1 amide bonds. The van der Waals surface area contributed by atoms with E-state index in [2.05, 4.69) is 35.9 Å². The van der Waals surface area contributed by atoms with Crippen molar-refractivity contribution >= 4 is 28.4 Å². The Morgan fingerprint density at radius 3 is 2.48 bits per heavy atom. The minimum Gasteiger partial charge on any atom is -0.337 e. The van der Waals surface area contributed by atoms with E-state index in [0.29, 0.717) is 18.6 Å². The lowest BCUT2D eigenvalue weighted by Crippen LogP contribution is -2.47. The summed E-state index contributed by atoms with van der Waals surface area (Å²) in [6, 6.07) is 19.1. The Morgan fingerprint density at radius 2 is 1.79 bits per heavy atom. The molecule has 0 bridgehead atoms. The minimum atomic E-state index is 0.123. The molecule has 1 saturated heterocycles. The third-order valence-electron chi connectivity index (χ3n) is 5.63. The number of likely N-dealkylation sites (tertiary alicyclic amines) is 1. The van der Waals surface area contributed by atoms with Gasteiger partial charge in [0.05, 0.1) is 0 Å². The first kappa shape index (κ1) is 20.0. The van der Waals surface area contributed by atoms with Crippen LogP contribution in [-0.4, -0.2) is 40.5 Å². The molecular weight excluding hydrogens is 382 g/mol. The fraction of sp³-hybridized carbons (Fsp3) is 0.375. The second-order valence-corrected chi connectivity index (χ2v) is 8.63. The van der Waals surface area contributed by atoms with Gasteiger partial charge in [-0.05, 0) is 42.7 Å². The number of nitrogens with zero attached hydrogens (tertiary/aromatic N) is 2. The highest BCUT2D eigenvalue weighted by Gasteiger charge is 2.26. The smallest absolute Gasteiger partial charge is 0.270 e. The Balaban J connectivity index is 1.59. The second-order valence-electron chi connectivity index (χ2n) is 8.19. The average molecular weight is 410 g/mol. The Morgan fingerprint density at radius 1 is 1.10 bits per heavy atom. The summed E-state index contributed by atoms with van der Waals surface area (Å²) in [7, 11) is 0. The fourth-order valence-electron chi connectivity index (χ4n) is 4.21. The van der Waals surface area contributed by atoms with Gasteiger partial charge in [0.2, 0.25) is 0 Å². The summed E-state index contributed by atoms with van der Waals surface area (Å²) in [6.07, 6.45) is 2.00. The number of hydrogen-bond acceptors (Lipinski definition) is 2. The average Bonchev–Trinajstić information content (AvgIpc) is 3.08. The largest absolute Gasteiger partial charge is 0.337 e. The van der Waals surface area contributed by atoms with Crippen LogP contribution >= 0.6 is 11.6 Å². The maximum atomic E-state index is 13.4. The summed E-state index contributed by atoms with van der Waals surface area (Å²) in [6.45, 7) is 6.59. The van der Waals surface area contributed by atoms with Gasteiger partial charge >= 0.3 is 0 Å². The van der Waals surface area contributed by atoms with Crippen LogP contribution in [-0.2, 0) is 6.54 Å². The van der Waals surface area contributed by atoms with Crippen molar-refractivity contribution in [2.45, 2.75) is 45.3 Å². The zero-order valence-corrected chi connectivity index (χ0v) is 17.8. The highest BCUT2D eigenvalue weighted by Crippen LogP contribution is 2.24. The summed E-state index contributed by atoms with van der Waals surface area (Å²) in [5.41, 5.74) is 2.98. The first-order valence-electron chi connectivity index (χ1n) is 10.4. The summed E-state index contributed by atoms with van der Waals surface area (Å²) in [5.74, 6) is 0.123. The molecule has 4 nitrogen and oxygen atoms in total. The molecule has 3 aromatic rings. The predicted octanol–water partition coefficient (Wildman–Crippen LogP) is 4.95. The topological polar surface area (TPSA) is 37.3 Å². The normalized spacial score (nSPS) is 15.4. The molecule has 2 heterocycles. The molecule has 0 saturated carbocycles. The van der Waals surface area contributed by atoms with Crippen molar-refractivity contribution in [2.75, 3.05) is 13.1 Å². The fourth-order valence-corrected chi connectivity index (χ4v) is 4.34. The molecule has 1 aliphatic heterocycles. The number of aromatic nitrogens is 1. The van der Waals surface area contributed by atoms with E-state index in [9.17, 15) is 4.79 Å². The van der Waals surface area contributed by atoms with Crippen molar-refractivity contribution < 1.29 is 4.79 Å². The Bertz CT molecular complexity index is 985. The van der Waals surface area contributed by atoms with Gasteiger partial charge < -0.3 is 14.8 Å². The zero-order valence-electron chi connectivity index (χ0n) is 17.1. The zero-order chi connectivity index (χ0) is 20.4. The lowest BCUT2D eigenvalue weighted by molar-refractivity contribution is 0.0693. The van der Waals surface area contributed by atoms with Crippen LogP contribution in [0.25, 0.3) is 10.9 Å². The number of amides is 1. The molecule has 152 valence electrons. The molecule has 5 heteroatoms. The van der Waals surface area contributed by atoms with Gasteiger partial charge in [-0.3, -0.25) is 4.79 Å². The van der Waals surface area contributed by atoms with E-state index in [1.165, 1.54) is 0 Å². The molecule has 1 N–H and O–H groups in total. The van der Waals surface area contributed by atoms with Gasteiger partial charge in [0.1, 0.15) is 5.69 Å². The van der Waals surface area contributed by atoms with Crippen molar-refractivity contribution in [3.63, 3.8) is 0 Å². The SMILES string of the molecule is CC(C)NC1CCN(C(=O)c2cc3ccccc3n2Cc2ccc(Cl)cc2)CC1. The van der Waals surface area contributed by atoms with E-state index in [0.717, 1.165) is 53.1 Å². The van der Waals surface area contributed by atoms with Crippen LogP contribution in [0.1, 0.15) is 42.7 Å². The maximum Gasteiger partial charge on any atom is 0.270 e. The Hall–Kier alpha value is -2.30. The first-order chi connectivity index (χ1) is 14.0. The highest BCUT2D eigenvalue weighted by molar-refractivity contribution is 6.30. The van der Waals surface area contributed by atoms with E-state index in [4.69, 9.17) is 11.6 Å². The number of halogens is 1. The monoisotopic (exact) mass is 409 g/mol. The van der Waals surface area contributed by atoms with Gasteiger partial charge in [0.25, 0.3) is 5.91 Å². The van der Waals surface area contributed by atoms with Crippen molar-refractivity contribution in [2.24, 2.45) is 0 Å². The Kier molecular flexibility index (Phi) is 5.93. The molecule has 29 heavy (non-hydrogen) atoms. The van der Waals surface area contributed by atoms with Gasteiger partial charge in [-0.1, -0.05) is 55.8 Å². The van der Waals surface area contributed by atoms with Crippen LogP contribution in [0, 0.1) is 0 Å². The number of hydrogen-bond donors (Lipinski definition) is 1. The predicted molar refractivity (Wildman–Crippen MR) is 120 cm³/mol. The van der Waals surface area contributed by atoms with Gasteiger partial charge in [-0.2, -0.15) is 0 Å². The third-order valence-corrected chi connectivity index (χ3v) is 5.89. The van der Waals surface area contributed by atoms with E-state index in [1.807, 2.05) is 47.4 Å². The molecule has 1 aliphatic rings. The molecular formula is C24H28ClN3O. The number of carbonyl (C=O) groups excluding carboxylic acids is 1. The number of carbonyl (C=O) groups is 1. The van der Waals surface area contributed by atoms with Crippen molar-refractivity contribution in [1.29, 1.82) is 0 Å². The number of rotatable bonds is 5. The number of fused-ring (bicyclic) bond motifs is 1. The number of para-hydroxylation sites is 1. The summed E-state index contributed by atoms with van der Waals surface area (Å²) < 4.78 is 2.14. The van der Waals surface area contributed by atoms with E-state index < -0.39 is 0 Å². The van der Waals surface area contributed by atoms with E-state index in [-0.39, 0.29) is 5.91 Å². The number of piperidine rings is 1. The van der Waals surface area contributed by atoms with Crippen molar-refractivity contribution in [1.82, 2.24) is 14.8 Å². The maximum absolute atomic E-state index is 13.4. The lowest BCUT2D eigenvalue weighted by atomic mass is 10.0. The second kappa shape index (κ2) is 8.60. The van der Waals surface area contributed by atoms with Crippen LogP contribution in [0.3, 0.4) is 0 Å². The number of benzene rings is 2. The van der Waals surface area contributed by atoms with Gasteiger partial charge in [-0.15, -0.1) is 0 Å². The summed E-state index contributed by atoms with van der Waals surface area (Å²) >= 11 is 6.04. The summed E-state index contributed by atoms with van der Waals surface area (Å²) in [4.78, 5) is 15.4. The summed E-state index contributed by atoms with van der Waals surface area (Å²) in [5, 5.41) is 5.42. The molecule has 4 rings (SSSR count). The van der Waals surface area contributed by atoms with Crippen LogP contribution in [0.5, 0.6) is 0 Å². The Labute approximate surface area is 177 Å². The van der Waals surface area contributed by atoms with E-state index in [1.54, 1.807) is 0 Å². The molecule has 0 aliphatic carbocycles. The van der Waals surface area contributed by atoms with Gasteiger partial charge in [-0.25, -0.2) is 0 Å². The minimum absolute atomic E-state index is 0.123. The van der Waals surface area contributed by atoms with Crippen LogP contribution in [0.4, 0.5) is 0 Å². The molecule has 1 fully saturated rings. The molecule has 0 atom stereocenters.